The van der Waals surface area contributed by atoms with Gasteiger partial charge in [-0.05, 0) is 25.1 Å². The molecule has 24 heavy (non-hydrogen) atoms. The number of hydrogen-bond donors (Lipinski definition) is 2. The number of halogens is 1. The molecule has 0 bridgehead atoms. The third-order valence-corrected chi connectivity index (χ3v) is 5.35. The average Bonchev–Trinajstić information content (AvgIpc) is 2.55. The second kappa shape index (κ2) is 8.63. The molecule has 1 amide bonds. The number of sulfonamides is 1. The molecule has 2 rings (SSSR count). The molecular formula is C14H22ClN3O5S. The largest absolute Gasteiger partial charge is 0.495 e. The van der Waals surface area contributed by atoms with Crippen molar-refractivity contribution in [2.75, 3.05) is 38.7 Å². The van der Waals surface area contributed by atoms with Crippen molar-refractivity contribution < 1.29 is 22.7 Å². The molecule has 8 nitrogen and oxygen atoms in total. The highest BCUT2D eigenvalue weighted by Crippen LogP contribution is 2.30. The first-order chi connectivity index (χ1) is 10.9. The summed E-state index contributed by atoms with van der Waals surface area (Å²) in [4.78, 5) is 11.7. The number of amides is 1. The second-order valence-corrected chi connectivity index (χ2v) is 7.07. The van der Waals surface area contributed by atoms with Gasteiger partial charge in [0, 0.05) is 18.8 Å². The van der Waals surface area contributed by atoms with E-state index >= 15 is 0 Å². The Morgan fingerprint density at radius 2 is 2.00 bits per heavy atom. The van der Waals surface area contributed by atoms with Gasteiger partial charge in [0.1, 0.15) is 10.6 Å². The van der Waals surface area contributed by atoms with E-state index in [1.165, 1.54) is 23.5 Å². The van der Waals surface area contributed by atoms with E-state index in [1.54, 1.807) is 13.0 Å². The summed E-state index contributed by atoms with van der Waals surface area (Å²) in [6.45, 7) is 2.80. The molecule has 1 aromatic rings. The maximum absolute atomic E-state index is 12.8. The van der Waals surface area contributed by atoms with Gasteiger partial charge in [-0.1, -0.05) is 0 Å². The van der Waals surface area contributed by atoms with Crippen molar-refractivity contribution in [2.24, 2.45) is 5.73 Å². The van der Waals surface area contributed by atoms with E-state index in [2.05, 4.69) is 5.32 Å². The Morgan fingerprint density at radius 1 is 1.38 bits per heavy atom. The molecule has 3 N–H and O–H groups in total. The van der Waals surface area contributed by atoms with Crippen molar-refractivity contribution in [3.8, 4) is 5.75 Å². The number of methoxy groups -OCH3 is 1. The highest BCUT2D eigenvalue weighted by atomic mass is 35.5. The molecule has 0 radical (unpaired) electrons. The van der Waals surface area contributed by atoms with Crippen LogP contribution in [0.3, 0.4) is 0 Å². The standard InChI is InChI=1S/C14H21N3O5S.ClH/c1-10(15)14(18)16-11-3-4-12(21-2)13(9-11)23(19,20)17-5-7-22-8-6-17;/h3-4,9-10H,5-8,15H2,1-2H3,(H,16,18);1H. The molecule has 1 aliphatic rings. The molecule has 1 saturated heterocycles. The Bertz CT molecular complexity index is 675. The van der Waals surface area contributed by atoms with Gasteiger partial charge in [0.2, 0.25) is 15.9 Å². The second-order valence-electron chi connectivity index (χ2n) is 5.16. The van der Waals surface area contributed by atoms with Crippen molar-refractivity contribution in [3.63, 3.8) is 0 Å². The third-order valence-electron chi connectivity index (χ3n) is 3.43. The Kier molecular flexibility index (Phi) is 7.43. The molecular weight excluding hydrogens is 358 g/mol. The topological polar surface area (TPSA) is 111 Å². The number of rotatable bonds is 5. The van der Waals surface area contributed by atoms with Crippen LogP contribution in [-0.4, -0.2) is 58.1 Å². The fourth-order valence-corrected chi connectivity index (χ4v) is 3.73. The van der Waals surface area contributed by atoms with Crippen LogP contribution in [-0.2, 0) is 19.6 Å². The lowest BCUT2D eigenvalue weighted by Crippen LogP contribution is -2.40. The molecule has 1 aliphatic heterocycles. The lowest BCUT2D eigenvalue weighted by molar-refractivity contribution is -0.117. The molecule has 0 aromatic heterocycles. The fraction of sp³-hybridized carbons (Fsp3) is 0.500. The Labute approximate surface area is 147 Å². The average molecular weight is 380 g/mol. The minimum atomic E-state index is -3.74. The van der Waals surface area contributed by atoms with E-state index in [-0.39, 0.29) is 36.1 Å². The zero-order chi connectivity index (χ0) is 17.0. The summed E-state index contributed by atoms with van der Waals surface area (Å²) in [6.07, 6.45) is 0. The third kappa shape index (κ3) is 4.58. The van der Waals surface area contributed by atoms with Gasteiger partial charge in [-0.15, -0.1) is 12.4 Å². The maximum Gasteiger partial charge on any atom is 0.246 e. The Balaban J connectivity index is 0.00000288. The van der Waals surface area contributed by atoms with E-state index < -0.39 is 22.0 Å². The zero-order valence-electron chi connectivity index (χ0n) is 13.5. The number of anilines is 1. The van der Waals surface area contributed by atoms with Crippen LogP contribution in [0.5, 0.6) is 5.75 Å². The fourth-order valence-electron chi connectivity index (χ4n) is 2.14. The number of carbonyl (C=O) groups is 1. The predicted molar refractivity (Wildman–Crippen MR) is 92.1 cm³/mol. The summed E-state index contributed by atoms with van der Waals surface area (Å²) in [6, 6.07) is 3.75. The summed E-state index contributed by atoms with van der Waals surface area (Å²) in [7, 11) is -2.34. The van der Waals surface area contributed by atoms with Crippen molar-refractivity contribution in [3.05, 3.63) is 18.2 Å². The molecule has 0 aliphatic carbocycles. The maximum atomic E-state index is 12.8. The lowest BCUT2D eigenvalue weighted by Gasteiger charge is -2.26. The molecule has 10 heteroatoms. The minimum Gasteiger partial charge on any atom is -0.495 e. The summed E-state index contributed by atoms with van der Waals surface area (Å²) in [5.74, 6) is -0.180. The quantitative estimate of drug-likeness (QED) is 0.767. The monoisotopic (exact) mass is 379 g/mol. The van der Waals surface area contributed by atoms with Crippen molar-refractivity contribution in [1.29, 1.82) is 0 Å². The first-order valence-corrected chi connectivity index (χ1v) is 8.62. The number of hydrogen-bond acceptors (Lipinski definition) is 6. The first-order valence-electron chi connectivity index (χ1n) is 7.18. The van der Waals surface area contributed by atoms with E-state index in [0.29, 0.717) is 18.9 Å². The van der Waals surface area contributed by atoms with Gasteiger partial charge in [-0.2, -0.15) is 4.31 Å². The van der Waals surface area contributed by atoms with E-state index in [1.807, 2.05) is 0 Å². The van der Waals surface area contributed by atoms with Crippen LogP contribution in [0.2, 0.25) is 0 Å². The van der Waals surface area contributed by atoms with Gasteiger partial charge in [0.05, 0.1) is 26.4 Å². The van der Waals surface area contributed by atoms with Gasteiger partial charge < -0.3 is 20.5 Å². The van der Waals surface area contributed by atoms with E-state index in [9.17, 15) is 13.2 Å². The molecule has 0 saturated carbocycles. The number of carbonyl (C=O) groups excluding carboxylic acids is 1. The minimum absolute atomic E-state index is 0. The molecule has 1 unspecified atom stereocenters. The van der Waals surface area contributed by atoms with Crippen molar-refractivity contribution in [2.45, 2.75) is 17.9 Å². The van der Waals surface area contributed by atoms with Crippen LogP contribution in [0.4, 0.5) is 5.69 Å². The van der Waals surface area contributed by atoms with Crippen molar-refractivity contribution >= 4 is 34.0 Å². The summed E-state index contributed by atoms with van der Waals surface area (Å²) in [5.41, 5.74) is 5.85. The number of morpholine rings is 1. The highest BCUT2D eigenvalue weighted by molar-refractivity contribution is 7.89. The van der Waals surface area contributed by atoms with Crippen LogP contribution in [0, 0.1) is 0 Å². The van der Waals surface area contributed by atoms with Gasteiger partial charge >= 0.3 is 0 Å². The highest BCUT2D eigenvalue weighted by Gasteiger charge is 2.29. The molecule has 1 fully saturated rings. The number of nitrogens with one attached hydrogen (secondary N) is 1. The number of benzene rings is 1. The number of nitrogens with zero attached hydrogens (tertiary/aromatic N) is 1. The van der Waals surface area contributed by atoms with E-state index in [4.69, 9.17) is 15.2 Å². The molecule has 136 valence electrons. The van der Waals surface area contributed by atoms with Gasteiger partial charge in [0.15, 0.2) is 0 Å². The van der Waals surface area contributed by atoms with Gasteiger partial charge in [0.25, 0.3) is 0 Å². The van der Waals surface area contributed by atoms with Crippen LogP contribution in [0.25, 0.3) is 0 Å². The Hall–Kier alpha value is -1.39. The van der Waals surface area contributed by atoms with Crippen LogP contribution in [0.1, 0.15) is 6.92 Å². The smallest absolute Gasteiger partial charge is 0.246 e. The molecule has 1 aromatic carbocycles. The van der Waals surface area contributed by atoms with E-state index in [0.717, 1.165) is 0 Å². The molecule has 0 spiro atoms. The van der Waals surface area contributed by atoms with Gasteiger partial charge in [-0.3, -0.25) is 4.79 Å². The number of nitrogens with two attached hydrogens (primary N) is 1. The summed E-state index contributed by atoms with van der Waals surface area (Å²) < 4.78 is 37.3. The normalized spacial score (nSPS) is 16.8. The predicted octanol–water partition coefficient (Wildman–Crippen LogP) is 0.424. The van der Waals surface area contributed by atoms with Crippen LogP contribution >= 0.6 is 12.4 Å². The molecule has 1 heterocycles. The molecule has 1 atom stereocenters. The van der Waals surface area contributed by atoms with Gasteiger partial charge in [-0.25, -0.2) is 8.42 Å². The lowest BCUT2D eigenvalue weighted by atomic mass is 10.2. The Morgan fingerprint density at radius 3 is 2.54 bits per heavy atom. The first kappa shape index (κ1) is 20.7. The van der Waals surface area contributed by atoms with Crippen LogP contribution < -0.4 is 15.8 Å². The number of ether oxygens (including phenoxy) is 2. The SMILES string of the molecule is COc1ccc(NC(=O)C(C)N)cc1S(=O)(=O)N1CCOCC1.Cl. The van der Waals surface area contributed by atoms with Crippen LogP contribution in [0.15, 0.2) is 23.1 Å². The summed E-state index contributed by atoms with van der Waals surface area (Å²) in [5, 5.41) is 2.58. The zero-order valence-corrected chi connectivity index (χ0v) is 15.2. The van der Waals surface area contributed by atoms with Crippen molar-refractivity contribution in [1.82, 2.24) is 4.31 Å². The summed E-state index contributed by atoms with van der Waals surface area (Å²) >= 11 is 0.